The van der Waals surface area contributed by atoms with Gasteiger partial charge in [0.1, 0.15) is 6.61 Å². The van der Waals surface area contributed by atoms with Crippen LogP contribution in [0.5, 0.6) is 0 Å². The van der Waals surface area contributed by atoms with Crippen molar-refractivity contribution in [3.8, 4) is 0 Å². The minimum absolute atomic E-state index is 0.616. The van der Waals surface area contributed by atoms with E-state index in [9.17, 15) is 0 Å². The van der Waals surface area contributed by atoms with Crippen LogP contribution in [0, 0.1) is 0 Å². The molecular weight excluding hydrogens is 174 g/mol. The minimum atomic E-state index is 0.616. The second-order valence-electron chi connectivity index (χ2n) is 3.15. The Bertz CT molecular complexity index is 318. The summed E-state index contributed by atoms with van der Waals surface area (Å²) < 4.78 is 0. The molecule has 1 aromatic rings. The molecule has 76 valence electrons. The van der Waals surface area contributed by atoms with Gasteiger partial charge in [0.15, 0.2) is 0 Å². The lowest BCUT2D eigenvalue weighted by molar-refractivity contribution is 0.159. The van der Waals surface area contributed by atoms with Gasteiger partial charge in [0.05, 0.1) is 5.71 Å². The normalized spacial score (nSPS) is 11.5. The van der Waals surface area contributed by atoms with Crippen LogP contribution in [0.15, 0.2) is 29.4 Å². The van der Waals surface area contributed by atoms with E-state index in [1.165, 1.54) is 5.56 Å². The monoisotopic (exact) mass is 191 g/mol. The zero-order valence-corrected chi connectivity index (χ0v) is 9.08. The summed E-state index contributed by atoms with van der Waals surface area (Å²) in [7, 11) is 0. The van der Waals surface area contributed by atoms with Crippen molar-refractivity contribution in [1.29, 1.82) is 0 Å². The highest BCUT2D eigenvalue weighted by atomic mass is 16.6. The predicted octanol–water partition coefficient (Wildman–Crippen LogP) is 3.01. The molecule has 0 atom stereocenters. The largest absolute Gasteiger partial charge is 0.396 e. The van der Waals surface area contributed by atoms with Crippen LogP contribution in [0.3, 0.4) is 0 Å². The quantitative estimate of drug-likeness (QED) is 0.529. The van der Waals surface area contributed by atoms with Gasteiger partial charge in [-0.1, -0.05) is 30.3 Å². The van der Waals surface area contributed by atoms with Crippen LogP contribution in [-0.4, -0.2) is 12.3 Å². The lowest BCUT2D eigenvalue weighted by Crippen LogP contribution is -1.97. The maximum absolute atomic E-state index is 5.01. The molecule has 14 heavy (non-hydrogen) atoms. The van der Waals surface area contributed by atoms with E-state index in [4.69, 9.17) is 4.84 Å². The molecule has 0 N–H and O–H groups in total. The van der Waals surface area contributed by atoms with Crippen LogP contribution in [0.2, 0.25) is 0 Å². The van der Waals surface area contributed by atoms with Gasteiger partial charge in [-0.2, -0.15) is 0 Å². The molecule has 1 aromatic carbocycles. The Morgan fingerprint density at radius 2 is 2.14 bits per heavy atom. The first-order valence-electron chi connectivity index (χ1n) is 5.03. The smallest absolute Gasteiger partial charge is 0.114 e. The van der Waals surface area contributed by atoms with Gasteiger partial charge in [0.25, 0.3) is 0 Å². The molecule has 0 fully saturated rings. The van der Waals surface area contributed by atoms with E-state index in [0.29, 0.717) is 6.61 Å². The summed E-state index contributed by atoms with van der Waals surface area (Å²) in [6.45, 7) is 6.66. The highest BCUT2D eigenvalue weighted by Crippen LogP contribution is 2.07. The molecule has 0 aromatic heterocycles. The van der Waals surface area contributed by atoms with Crippen molar-refractivity contribution in [3.05, 3.63) is 35.4 Å². The van der Waals surface area contributed by atoms with Crippen molar-refractivity contribution >= 4 is 5.71 Å². The van der Waals surface area contributed by atoms with E-state index in [1.807, 2.05) is 13.8 Å². The molecule has 0 radical (unpaired) electrons. The highest BCUT2D eigenvalue weighted by molar-refractivity contribution is 5.98. The lowest BCUT2D eigenvalue weighted by atomic mass is 10.1. The van der Waals surface area contributed by atoms with Gasteiger partial charge in [-0.3, -0.25) is 0 Å². The molecule has 0 aliphatic carbocycles. The summed E-state index contributed by atoms with van der Waals surface area (Å²) >= 11 is 0. The number of hydrogen-bond acceptors (Lipinski definition) is 2. The molecule has 0 spiro atoms. The van der Waals surface area contributed by atoms with Gasteiger partial charge in [-0.05, 0) is 37.5 Å². The molecule has 2 nitrogen and oxygen atoms in total. The van der Waals surface area contributed by atoms with E-state index < -0.39 is 0 Å². The zero-order valence-electron chi connectivity index (χ0n) is 9.08. The maximum Gasteiger partial charge on any atom is 0.114 e. The Labute approximate surface area is 85.6 Å². The zero-order chi connectivity index (χ0) is 10.4. The number of benzene rings is 1. The highest BCUT2D eigenvalue weighted by Gasteiger charge is 1.98. The molecule has 0 saturated heterocycles. The Morgan fingerprint density at radius 3 is 2.79 bits per heavy atom. The number of hydrogen-bond donors (Lipinski definition) is 0. The average molecular weight is 191 g/mol. The van der Waals surface area contributed by atoms with Crippen LogP contribution in [-0.2, 0) is 11.3 Å². The van der Waals surface area contributed by atoms with Gasteiger partial charge in [0.2, 0.25) is 0 Å². The molecule has 0 amide bonds. The maximum atomic E-state index is 5.01. The standard InChI is InChI=1S/C12H17NO/c1-4-11-7-6-8-12(9-11)10(3)13-14-5-2/h6-9H,4-5H2,1-3H3/b13-10+. The second kappa shape index (κ2) is 5.43. The van der Waals surface area contributed by atoms with Gasteiger partial charge < -0.3 is 4.84 Å². The van der Waals surface area contributed by atoms with E-state index in [-0.39, 0.29) is 0 Å². The van der Waals surface area contributed by atoms with Crippen LogP contribution >= 0.6 is 0 Å². The first-order chi connectivity index (χ1) is 6.77. The lowest BCUT2D eigenvalue weighted by Gasteiger charge is -2.02. The number of nitrogens with zero attached hydrogens (tertiary/aromatic N) is 1. The number of rotatable bonds is 4. The van der Waals surface area contributed by atoms with Crippen molar-refractivity contribution in [3.63, 3.8) is 0 Å². The average Bonchev–Trinajstić information content (AvgIpc) is 2.26. The third-order valence-corrected chi connectivity index (χ3v) is 2.08. The molecule has 0 aliphatic rings. The first-order valence-corrected chi connectivity index (χ1v) is 5.03. The Morgan fingerprint density at radius 1 is 1.36 bits per heavy atom. The molecule has 0 unspecified atom stereocenters. The fraction of sp³-hybridized carbons (Fsp3) is 0.417. The molecule has 0 bridgehead atoms. The molecule has 0 aliphatic heterocycles. The third-order valence-electron chi connectivity index (χ3n) is 2.08. The Hall–Kier alpha value is -1.31. The second-order valence-corrected chi connectivity index (χ2v) is 3.15. The Kier molecular flexibility index (Phi) is 4.17. The van der Waals surface area contributed by atoms with E-state index in [0.717, 1.165) is 17.7 Å². The van der Waals surface area contributed by atoms with Crippen LogP contribution in [0.1, 0.15) is 31.9 Å². The van der Waals surface area contributed by atoms with Gasteiger partial charge in [-0.15, -0.1) is 0 Å². The van der Waals surface area contributed by atoms with Gasteiger partial charge >= 0.3 is 0 Å². The van der Waals surface area contributed by atoms with Gasteiger partial charge in [0, 0.05) is 0 Å². The van der Waals surface area contributed by atoms with E-state index in [1.54, 1.807) is 0 Å². The van der Waals surface area contributed by atoms with Crippen LogP contribution < -0.4 is 0 Å². The third kappa shape index (κ3) is 2.87. The first kappa shape index (κ1) is 10.8. The van der Waals surface area contributed by atoms with E-state index >= 15 is 0 Å². The van der Waals surface area contributed by atoms with Crippen molar-refractivity contribution in [1.82, 2.24) is 0 Å². The minimum Gasteiger partial charge on any atom is -0.396 e. The topological polar surface area (TPSA) is 21.6 Å². The van der Waals surface area contributed by atoms with Gasteiger partial charge in [-0.25, -0.2) is 0 Å². The van der Waals surface area contributed by atoms with Crippen molar-refractivity contribution in [2.45, 2.75) is 27.2 Å². The molecule has 0 saturated carbocycles. The fourth-order valence-electron chi connectivity index (χ4n) is 1.23. The predicted molar refractivity (Wildman–Crippen MR) is 59.7 cm³/mol. The van der Waals surface area contributed by atoms with Crippen molar-refractivity contribution < 1.29 is 4.84 Å². The SMILES string of the molecule is CCO/N=C(\C)c1cccc(CC)c1. The number of oxime groups is 1. The summed E-state index contributed by atoms with van der Waals surface area (Å²) in [6.07, 6.45) is 1.05. The Balaban J connectivity index is 2.84. The molecule has 2 heteroatoms. The van der Waals surface area contributed by atoms with Crippen LogP contribution in [0.4, 0.5) is 0 Å². The summed E-state index contributed by atoms with van der Waals surface area (Å²) in [6, 6.07) is 8.38. The fourth-order valence-corrected chi connectivity index (χ4v) is 1.23. The summed E-state index contributed by atoms with van der Waals surface area (Å²) in [4.78, 5) is 5.01. The summed E-state index contributed by atoms with van der Waals surface area (Å²) in [5, 5.41) is 4.00. The number of aryl methyl sites for hydroxylation is 1. The van der Waals surface area contributed by atoms with Crippen molar-refractivity contribution in [2.75, 3.05) is 6.61 Å². The molecular formula is C12H17NO. The molecule has 1 rings (SSSR count). The van der Waals surface area contributed by atoms with E-state index in [2.05, 4.69) is 36.3 Å². The van der Waals surface area contributed by atoms with Crippen molar-refractivity contribution in [2.24, 2.45) is 5.16 Å². The van der Waals surface area contributed by atoms with Crippen LogP contribution in [0.25, 0.3) is 0 Å². The summed E-state index contributed by atoms with van der Waals surface area (Å²) in [5.74, 6) is 0. The molecule has 0 heterocycles. The summed E-state index contributed by atoms with van der Waals surface area (Å²) in [5.41, 5.74) is 3.40.